The van der Waals surface area contributed by atoms with E-state index in [4.69, 9.17) is 13.9 Å². The molecule has 2 aromatic carbocycles. The molecule has 0 aliphatic heterocycles. The molecule has 5 rings (SSSR count). The summed E-state index contributed by atoms with van der Waals surface area (Å²) in [5.74, 6) is -0.542. The average molecular weight is 473 g/mol. The summed E-state index contributed by atoms with van der Waals surface area (Å²) in [7, 11) is 0. The highest BCUT2D eigenvalue weighted by Gasteiger charge is 2.28. The summed E-state index contributed by atoms with van der Waals surface area (Å²) in [6.07, 6.45) is 1.95. The first kappa shape index (κ1) is 22.4. The molecule has 0 saturated carbocycles. The molecule has 1 amide bonds. The lowest BCUT2D eigenvalue weighted by Gasteiger charge is -2.09. The lowest BCUT2D eigenvalue weighted by atomic mass is 10.1. The van der Waals surface area contributed by atoms with Gasteiger partial charge in [-0.1, -0.05) is 18.2 Å². The molecule has 0 saturated heterocycles. The summed E-state index contributed by atoms with van der Waals surface area (Å²) in [4.78, 5) is 36.8. The van der Waals surface area contributed by atoms with Gasteiger partial charge in [-0.15, -0.1) is 0 Å². The molecule has 1 N–H and O–H groups in total. The van der Waals surface area contributed by atoms with Crippen molar-refractivity contribution in [1.82, 2.24) is 9.78 Å². The van der Waals surface area contributed by atoms with E-state index in [0.29, 0.717) is 22.3 Å². The Kier molecular flexibility index (Phi) is 6.05. The van der Waals surface area contributed by atoms with Crippen LogP contribution in [0.25, 0.3) is 16.7 Å². The molecule has 0 fully saturated rings. The minimum absolute atomic E-state index is 0.126. The van der Waals surface area contributed by atoms with Crippen LogP contribution in [0, 0.1) is 0 Å². The Balaban J connectivity index is 1.38. The highest BCUT2D eigenvalue weighted by molar-refractivity contribution is 5.91. The van der Waals surface area contributed by atoms with Gasteiger partial charge in [0, 0.05) is 40.0 Å². The van der Waals surface area contributed by atoms with E-state index in [1.807, 2.05) is 35.0 Å². The number of hydrogen-bond donors (Lipinski definition) is 1. The van der Waals surface area contributed by atoms with Crippen LogP contribution in [-0.2, 0) is 28.9 Å². The summed E-state index contributed by atoms with van der Waals surface area (Å²) in [5.41, 5.74) is 3.69. The molecule has 1 aliphatic carbocycles. The molecular weight excluding hydrogens is 450 g/mol. The third-order valence-electron chi connectivity index (χ3n) is 5.84. The van der Waals surface area contributed by atoms with Gasteiger partial charge in [0.2, 0.25) is 0 Å². The number of ether oxygens (including phenoxy) is 2. The molecule has 178 valence electrons. The van der Waals surface area contributed by atoms with E-state index in [2.05, 4.69) is 10.4 Å². The second kappa shape index (κ2) is 9.46. The van der Waals surface area contributed by atoms with Crippen LogP contribution < -0.4 is 10.9 Å². The van der Waals surface area contributed by atoms with E-state index in [9.17, 15) is 14.4 Å². The molecule has 2 aromatic heterocycles. The van der Waals surface area contributed by atoms with Crippen LogP contribution in [0.1, 0.15) is 40.7 Å². The molecule has 35 heavy (non-hydrogen) atoms. The van der Waals surface area contributed by atoms with E-state index >= 15 is 0 Å². The monoisotopic (exact) mass is 473 g/mol. The van der Waals surface area contributed by atoms with Crippen molar-refractivity contribution in [2.45, 2.75) is 32.8 Å². The zero-order valence-corrected chi connectivity index (χ0v) is 19.1. The highest BCUT2D eigenvalue weighted by Crippen LogP contribution is 2.29. The first-order chi connectivity index (χ1) is 17.0. The number of fused-ring (bicyclic) bond motifs is 2. The number of hydrogen-bond acceptors (Lipinski definition) is 7. The van der Waals surface area contributed by atoms with Gasteiger partial charge in [0.1, 0.15) is 12.2 Å². The van der Waals surface area contributed by atoms with E-state index in [0.717, 1.165) is 36.2 Å². The van der Waals surface area contributed by atoms with Crippen molar-refractivity contribution in [3.8, 4) is 5.69 Å². The van der Waals surface area contributed by atoms with Gasteiger partial charge in [-0.05, 0) is 50.5 Å². The smallest absolute Gasteiger partial charge is 0.411 e. The molecule has 0 bridgehead atoms. The number of benzene rings is 2. The molecule has 0 unspecified atom stereocenters. The van der Waals surface area contributed by atoms with Gasteiger partial charge in [0.05, 0.1) is 12.3 Å². The van der Waals surface area contributed by atoms with Gasteiger partial charge in [0.15, 0.2) is 5.69 Å². The quantitative estimate of drug-likeness (QED) is 0.326. The number of rotatable bonds is 6. The predicted octanol–water partition coefficient (Wildman–Crippen LogP) is 4.39. The first-order valence-electron chi connectivity index (χ1n) is 11.4. The largest absolute Gasteiger partial charge is 0.456 e. The minimum atomic E-state index is -0.609. The molecule has 0 atom stereocenters. The fraction of sp³-hybridized carbons (Fsp3) is 0.231. The lowest BCUT2D eigenvalue weighted by molar-refractivity contribution is 0.0465. The fourth-order valence-corrected chi connectivity index (χ4v) is 4.31. The van der Waals surface area contributed by atoms with Crippen LogP contribution in [0.2, 0.25) is 0 Å². The number of aromatic nitrogens is 2. The van der Waals surface area contributed by atoms with E-state index in [-0.39, 0.29) is 18.8 Å². The van der Waals surface area contributed by atoms with Crippen LogP contribution in [0.4, 0.5) is 10.5 Å². The summed E-state index contributed by atoms with van der Waals surface area (Å²) in [6, 6.07) is 15.8. The zero-order valence-electron chi connectivity index (χ0n) is 19.1. The maximum atomic E-state index is 13.0. The molecule has 0 radical (unpaired) electrons. The van der Waals surface area contributed by atoms with Crippen LogP contribution >= 0.6 is 0 Å². The zero-order chi connectivity index (χ0) is 24.4. The predicted molar refractivity (Wildman–Crippen MR) is 128 cm³/mol. The molecule has 4 aromatic rings. The first-order valence-corrected chi connectivity index (χ1v) is 11.4. The van der Waals surface area contributed by atoms with Gasteiger partial charge < -0.3 is 13.9 Å². The normalized spacial score (nSPS) is 12.4. The van der Waals surface area contributed by atoms with Gasteiger partial charge in [0.25, 0.3) is 0 Å². The van der Waals surface area contributed by atoms with Crippen molar-refractivity contribution in [1.29, 1.82) is 0 Å². The van der Waals surface area contributed by atoms with E-state index < -0.39 is 17.7 Å². The third-order valence-corrected chi connectivity index (χ3v) is 5.84. The van der Waals surface area contributed by atoms with Crippen molar-refractivity contribution >= 4 is 28.7 Å². The summed E-state index contributed by atoms with van der Waals surface area (Å²) in [5, 5.41) is 7.71. The number of carbonyl (C=O) groups is 2. The van der Waals surface area contributed by atoms with Crippen molar-refractivity contribution in [2.24, 2.45) is 0 Å². The second-order valence-corrected chi connectivity index (χ2v) is 8.10. The van der Waals surface area contributed by atoms with Crippen LogP contribution in [0.5, 0.6) is 0 Å². The van der Waals surface area contributed by atoms with Crippen LogP contribution in [0.15, 0.2) is 63.8 Å². The topological polar surface area (TPSA) is 113 Å². The van der Waals surface area contributed by atoms with E-state index in [1.54, 1.807) is 19.1 Å². The maximum Gasteiger partial charge on any atom is 0.411 e. The van der Waals surface area contributed by atoms with Gasteiger partial charge >= 0.3 is 17.7 Å². The van der Waals surface area contributed by atoms with Crippen LogP contribution in [0.3, 0.4) is 0 Å². The van der Waals surface area contributed by atoms with Crippen molar-refractivity contribution in [3.63, 3.8) is 0 Å². The van der Waals surface area contributed by atoms with Gasteiger partial charge in [-0.2, -0.15) is 5.10 Å². The van der Waals surface area contributed by atoms with Crippen molar-refractivity contribution < 1.29 is 23.5 Å². The fourth-order valence-electron chi connectivity index (χ4n) is 4.31. The van der Waals surface area contributed by atoms with Crippen LogP contribution in [-0.4, -0.2) is 28.4 Å². The molecular formula is C26H23N3O6. The molecule has 0 spiro atoms. The van der Waals surface area contributed by atoms with Gasteiger partial charge in [-0.3, -0.25) is 5.32 Å². The lowest BCUT2D eigenvalue weighted by Crippen LogP contribution is -2.13. The number of para-hydroxylation sites is 1. The Morgan fingerprint density at radius 1 is 1.09 bits per heavy atom. The Morgan fingerprint density at radius 2 is 1.91 bits per heavy atom. The third kappa shape index (κ3) is 4.52. The molecule has 1 aliphatic rings. The standard InChI is InChI=1S/C26H23N3O6/c1-2-33-26(32)27-17-11-12-19-16(13-23(30)35-22(19)14-17)15-34-25(31)24-20-9-6-10-21(20)29(28-24)18-7-4-3-5-8-18/h3-5,7-8,11-14H,2,6,9-10,15H2,1H3,(H,27,32). The SMILES string of the molecule is CCOC(=O)Nc1ccc2c(COC(=O)c3nn(-c4ccccc4)c4c3CCC4)cc(=O)oc2c1. The Labute approximate surface area is 200 Å². The summed E-state index contributed by atoms with van der Waals surface area (Å²) >= 11 is 0. The Bertz CT molecular complexity index is 1470. The van der Waals surface area contributed by atoms with Crippen molar-refractivity contribution in [2.75, 3.05) is 11.9 Å². The molecule has 2 heterocycles. The van der Waals surface area contributed by atoms with Crippen molar-refractivity contribution in [3.05, 3.63) is 87.5 Å². The highest BCUT2D eigenvalue weighted by atomic mass is 16.5. The Hall–Kier alpha value is -4.40. The minimum Gasteiger partial charge on any atom is -0.456 e. The Morgan fingerprint density at radius 3 is 2.71 bits per heavy atom. The molecule has 9 heteroatoms. The average Bonchev–Trinajstić information content (AvgIpc) is 3.46. The second-order valence-electron chi connectivity index (χ2n) is 8.10. The number of carbonyl (C=O) groups excluding carboxylic acids is 2. The number of anilines is 1. The number of amides is 1. The number of nitrogens with zero attached hydrogens (tertiary/aromatic N) is 2. The maximum absolute atomic E-state index is 13.0. The number of nitrogens with one attached hydrogen (secondary N) is 1. The number of esters is 1. The van der Waals surface area contributed by atoms with E-state index in [1.165, 1.54) is 12.1 Å². The summed E-state index contributed by atoms with van der Waals surface area (Å²) < 4.78 is 17.6. The summed E-state index contributed by atoms with van der Waals surface area (Å²) in [6.45, 7) is 1.81. The van der Waals surface area contributed by atoms with Gasteiger partial charge in [-0.25, -0.2) is 19.1 Å². The molecule has 9 nitrogen and oxygen atoms in total.